The van der Waals surface area contributed by atoms with Crippen LogP contribution in [0.5, 0.6) is 0 Å². The topological polar surface area (TPSA) is 0 Å². The van der Waals surface area contributed by atoms with E-state index in [-0.39, 0.29) is 29.6 Å². The molecule has 0 aromatic rings. The third-order valence-corrected chi connectivity index (χ3v) is 6.05. The van der Waals surface area contributed by atoms with Crippen molar-refractivity contribution in [2.24, 2.45) is 0 Å². The summed E-state index contributed by atoms with van der Waals surface area (Å²) in [5.41, 5.74) is 0. The number of rotatable bonds is 21. The molecule has 0 rings (SSSR count). The van der Waals surface area contributed by atoms with E-state index in [4.69, 9.17) is 12.5 Å². The Hall–Kier alpha value is 1.41. The Balaban J connectivity index is 0. The molecule has 0 aromatic heterocycles. The summed E-state index contributed by atoms with van der Waals surface area (Å²) in [6.07, 6.45) is 30.0. The normalized spacial score (nSPS) is 10.7. The summed E-state index contributed by atoms with van der Waals surface area (Å²) in [5, 5.41) is 0. The van der Waals surface area contributed by atoms with Crippen molar-refractivity contribution in [3.63, 3.8) is 0 Å². The van der Waals surface area contributed by atoms with Gasteiger partial charge < -0.3 is 0 Å². The van der Waals surface area contributed by atoms with E-state index in [2.05, 4.69) is 13.8 Å². The van der Waals surface area contributed by atoms with Gasteiger partial charge in [-0.05, 0) is 0 Å². The Morgan fingerprint density at radius 3 is 0.923 bits per heavy atom. The maximum absolute atomic E-state index is 4.80. The summed E-state index contributed by atoms with van der Waals surface area (Å²) in [6.45, 7) is 4.59. The van der Waals surface area contributed by atoms with Gasteiger partial charge in [0.2, 0.25) is 5.99 Å². The maximum atomic E-state index is 4.80. The van der Waals surface area contributed by atoms with Gasteiger partial charge in [0, 0.05) is 0 Å². The molecule has 0 aliphatic rings. The van der Waals surface area contributed by atoms with Gasteiger partial charge in [0.05, 0.1) is 0 Å². The van der Waals surface area contributed by atoms with Crippen LogP contribution in [-0.4, -0.2) is 35.5 Å². The predicted octanol–water partition coefficient (Wildman–Crippen LogP) is 8.71. The molecule has 3 heteroatoms. The molecule has 26 heavy (non-hydrogen) atoms. The fourth-order valence-electron chi connectivity index (χ4n) is 3.70. The third kappa shape index (κ3) is 25.4. The summed E-state index contributed by atoms with van der Waals surface area (Å²) >= 11 is 4.80. The minimum atomic E-state index is 0. The van der Waals surface area contributed by atoms with Crippen molar-refractivity contribution in [3.05, 3.63) is 0 Å². The third-order valence-electron chi connectivity index (χ3n) is 5.53. The molecule has 0 unspecified atom stereocenters. The van der Waals surface area contributed by atoms with Crippen LogP contribution in [0.4, 0.5) is 0 Å². The fourth-order valence-corrected chi connectivity index (χ4v) is 4.07. The van der Waals surface area contributed by atoms with Crippen LogP contribution in [-0.2, 0) is 0 Å². The summed E-state index contributed by atoms with van der Waals surface area (Å²) in [6, 6.07) is 0. The van der Waals surface area contributed by atoms with Gasteiger partial charge >= 0.3 is 29.6 Å². The molecule has 0 saturated heterocycles. The molecule has 0 saturated carbocycles. The van der Waals surface area contributed by atoms with Gasteiger partial charge in [-0.2, -0.15) is 0 Å². The van der Waals surface area contributed by atoms with E-state index in [1.165, 1.54) is 135 Å². The van der Waals surface area contributed by atoms with Gasteiger partial charge in [-0.25, -0.2) is 12.5 Å². The molecular weight excluding hydrogens is 342 g/mol. The Morgan fingerprint density at radius 1 is 0.423 bits per heavy atom. The van der Waals surface area contributed by atoms with Gasteiger partial charge in [-0.1, -0.05) is 148 Å². The quantitative estimate of drug-likeness (QED) is 0.113. The molecule has 0 bridgehead atoms. The average molecular weight is 393 g/mol. The van der Waals surface area contributed by atoms with Crippen LogP contribution in [0.15, 0.2) is 0 Å². The van der Waals surface area contributed by atoms with E-state index >= 15 is 0 Å². The number of thiol groups is 1. The standard InChI is InChI=1S/C23H49BS.Na.H/c1-3-5-7-9-11-13-15-17-19-21-23-24(25)22-20-18-16-14-12-10-8-6-4-2;;/h25H,3-23H2,1-2H3;;. The van der Waals surface area contributed by atoms with Crippen molar-refractivity contribution in [1.82, 2.24) is 0 Å². The van der Waals surface area contributed by atoms with Crippen molar-refractivity contribution in [1.29, 1.82) is 0 Å². The van der Waals surface area contributed by atoms with Crippen molar-refractivity contribution in [2.75, 3.05) is 0 Å². The molecule has 0 radical (unpaired) electrons. The van der Waals surface area contributed by atoms with E-state index in [0.29, 0.717) is 5.99 Å². The van der Waals surface area contributed by atoms with Crippen LogP contribution in [0.3, 0.4) is 0 Å². The molecule has 0 fully saturated rings. The van der Waals surface area contributed by atoms with E-state index in [1.54, 1.807) is 0 Å². The van der Waals surface area contributed by atoms with E-state index in [0.717, 1.165) is 0 Å². The average Bonchev–Trinajstić information content (AvgIpc) is 2.62. The summed E-state index contributed by atoms with van der Waals surface area (Å²) in [4.78, 5) is 0. The second-order valence-corrected chi connectivity index (χ2v) is 8.97. The van der Waals surface area contributed by atoms with Crippen LogP contribution >= 0.6 is 12.5 Å². The van der Waals surface area contributed by atoms with Gasteiger partial charge in [0.25, 0.3) is 0 Å². The minimum absolute atomic E-state index is 0. The molecule has 0 amide bonds. The molecule has 0 atom stereocenters. The zero-order chi connectivity index (χ0) is 18.4. The zero-order valence-electron chi connectivity index (χ0n) is 17.9. The van der Waals surface area contributed by atoms with Crippen LogP contribution in [0.1, 0.15) is 136 Å². The van der Waals surface area contributed by atoms with Crippen molar-refractivity contribution >= 4 is 48.0 Å². The van der Waals surface area contributed by atoms with E-state index in [9.17, 15) is 0 Å². The molecular formula is C23H50BNaS. The summed E-state index contributed by atoms with van der Waals surface area (Å²) < 4.78 is 0. The molecule has 0 aliphatic carbocycles. The SMILES string of the molecule is CCCCCCCCCCCCB(S)CCCCCCCCCCC.[NaH]. The van der Waals surface area contributed by atoms with Gasteiger partial charge in [-0.15, -0.1) is 0 Å². The molecule has 0 aromatic carbocycles. The van der Waals surface area contributed by atoms with E-state index < -0.39 is 0 Å². The first-order chi connectivity index (χ1) is 12.3. The fraction of sp³-hybridized carbons (Fsp3) is 1.00. The predicted molar refractivity (Wildman–Crippen MR) is 131 cm³/mol. The van der Waals surface area contributed by atoms with Crippen LogP contribution in [0.25, 0.3) is 0 Å². The molecule has 0 spiro atoms. The van der Waals surface area contributed by atoms with Gasteiger partial charge in [0.15, 0.2) is 0 Å². The second kappa shape index (κ2) is 26.4. The second-order valence-electron chi connectivity index (χ2n) is 8.24. The molecule has 152 valence electrons. The van der Waals surface area contributed by atoms with Crippen LogP contribution in [0.2, 0.25) is 12.6 Å². The van der Waals surface area contributed by atoms with Crippen molar-refractivity contribution < 1.29 is 0 Å². The van der Waals surface area contributed by atoms with Crippen molar-refractivity contribution in [2.45, 2.75) is 148 Å². The Labute approximate surface area is 195 Å². The number of unbranched alkanes of at least 4 members (excludes halogenated alkanes) is 17. The first-order valence-electron chi connectivity index (χ1n) is 12.0. The Morgan fingerprint density at radius 2 is 0.654 bits per heavy atom. The summed E-state index contributed by atoms with van der Waals surface area (Å²) in [5.74, 6) is 0.665. The van der Waals surface area contributed by atoms with Crippen LogP contribution in [0, 0.1) is 0 Å². The molecule has 0 aliphatic heterocycles. The zero-order valence-corrected chi connectivity index (χ0v) is 18.8. The summed E-state index contributed by atoms with van der Waals surface area (Å²) in [7, 11) is 0. The van der Waals surface area contributed by atoms with E-state index in [1.807, 2.05) is 0 Å². The van der Waals surface area contributed by atoms with Gasteiger partial charge in [0.1, 0.15) is 0 Å². The first-order valence-corrected chi connectivity index (χ1v) is 12.5. The number of hydrogen-bond acceptors (Lipinski definition) is 1. The Bertz CT molecular complexity index is 238. The monoisotopic (exact) mass is 392 g/mol. The first kappa shape index (κ1) is 29.6. The Kier molecular flexibility index (Phi) is 30.1. The molecule has 0 heterocycles. The van der Waals surface area contributed by atoms with Crippen molar-refractivity contribution in [3.8, 4) is 0 Å². The molecule has 0 nitrogen and oxygen atoms in total. The number of hydrogen-bond donors (Lipinski definition) is 1. The molecule has 0 N–H and O–H groups in total. The van der Waals surface area contributed by atoms with Crippen LogP contribution < -0.4 is 0 Å². The van der Waals surface area contributed by atoms with Gasteiger partial charge in [-0.3, -0.25) is 0 Å².